The fraction of sp³-hybridized carbons (Fsp3) is 0.429. The first-order valence-electron chi connectivity index (χ1n) is 3.72. The van der Waals surface area contributed by atoms with Crippen LogP contribution in [-0.4, -0.2) is 15.9 Å². The number of aryl methyl sites for hydroxylation is 1. The Kier molecular flexibility index (Phi) is 2.68. The molecule has 0 atom stereocenters. The second kappa shape index (κ2) is 3.75. The van der Waals surface area contributed by atoms with Gasteiger partial charge in [-0.2, -0.15) is 5.10 Å². The van der Waals surface area contributed by atoms with Gasteiger partial charge in [-0.25, -0.2) is 4.79 Å². The molecule has 0 bridgehead atoms. The molecule has 1 rings (SSSR count). The van der Waals surface area contributed by atoms with Crippen LogP contribution in [-0.2, 0) is 6.54 Å². The fourth-order valence-corrected chi connectivity index (χ4v) is 0.865. The van der Waals surface area contributed by atoms with E-state index < -0.39 is 6.09 Å². The van der Waals surface area contributed by atoms with Gasteiger partial charge >= 0.3 is 6.09 Å². The summed E-state index contributed by atoms with van der Waals surface area (Å²) in [6.07, 6.45) is 3.26. The minimum absolute atomic E-state index is 0.385. The smallest absolute Gasteiger partial charge is 0.407 e. The number of amides is 1. The van der Waals surface area contributed by atoms with E-state index in [-0.39, 0.29) is 0 Å². The summed E-state index contributed by atoms with van der Waals surface area (Å²) in [6.45, 7) is 2.85. The minimum atomic E-state index is -0.814. The zero-order valence-corrected chi connectivity index (χ0v) is 6.86. The van der Waals surface area contributed by atoms with Crippen molar-refractivity contribution in [3.63, 3.8) is 0 Å². The summed E-state index contributed by atoms with van der Waals surface area (Å²) in [5.41, 5.74) is 4.81. The fourth-order valence-electron chi connectivity index (χ4n) is 0.865. The van der Waals surface area contributed by atoms with E-state index in [1.807, 2.05) is 6.92 Å². The zero-order chi connectivity index (χ0) is 8.97. The average molecular weight is 169 g/mol. The van der Waals surface area contributed by atoms with Crippen molar-refractivity contribution in [2.75, 3.05) is 0 Å². The normalized spacial score (nSPS) is 9.75. The number of primary amides is 1. The number of carbonyl (C=O) groups excluding carboxylic acids is 1. The Labute approximate surface area is 70.1 Å². The highest BCUT2D eigenvalue weighted by Gasteiger charge is 2.00. The van der Waals surface area contributed by atoms with Crippen molar-refractivity contribution in [1.29, 1.82) is 0 Å². The highest BCUT2D eigenvalue weighted by molar-refractivity contribution is 5.67. The first kappa shape index (κ1) is 8.58. The van der Waals surface area contributed by atoms with Crippen molar-refractivity contribution in [3.8, 4) is 5.75 Å². The lowest BCUT2D eigenvalue weighted by molar-refractivity contribution is 0.211. The van der Waals surface area contributed by atoms with Gasteiger partial charge in [0.1, 0.15) is 0 Å². The van der Waals surface area contributed by atoms with Gasteiger partial charge in [-0.1, -0.05) is 6.92 Å². The van der Waals surface area contributed by atoms with Crippen LogP contribution in [0.2, 0.25) is 0 Å². The van der Waals surface area contributed by atoms with Gasteiger partial charge in [-0.3, -0.25) is 4.68 Å². The van der Waals surface area contributed by atoms with E-state index in [9.17, 15) is 4.79 Å². The van der Waals surface area contributed by atoms with Gasteiger partial charge in [0, 0.05) is 6.54 Å². The molecule has 0 aromatic carbocycles. The molecule has 0 radical (unpaired) electrons. The van der Waals surface area contributed by atoms with Gasteiger partial charge in [-0.15, -0.1) is 0 Å². The van der Waals surface area contributed by atoms with E-state index in [1.165, 1.54) is 6.20 Å². The van der Waals surface area contributed by atoms with Gasteiger partial charge in [0.05, 0.1) is 12.4 Å². The molecule has 12 heavy (non-hydrogen) atoms. The first-order chi connectivity index (χ1) is 5.72. The van der Waals surface area contributed by atoms with E-state index in [0.717, 1.165) is 13.0 Å². The lowest BCUT2D eigenvalue weighted by Crippen LogP contribution is -2.15. The molecule has 1 aromatic heterocycles. The third kappa shape index (κ3) is 2.26. The predicted molar refractivity (Wildman–Crippen MR) is 42.7 cm³/mol. The van der Waals surface area contributed by atoms with Gasteiger partial charge in [0.15, 0.2) is 5.75 Å². The van der Waals surface area contributed by atoms with Crippen molar-refractivity contribution >= 4 is 6.09 Å². The molecule has 5 heteroatoms. The van der Waals surface area contributed by atoms with Crippen LogP contribution >= 0.6 is 0 Å². The van der Waals surface area contributed by atoms with E-state index in [2.05, 4.69) is 9.84 Å². The molecule has 0 aliphatic rings. The highest BCUT2D eigenvalue weighted by atomic mass is 16.5. The molecular weight excluding hydrogens is 158 g/mol. The summed E-state index contributed by atoms with van der Waals surface area (Å²) in [6, 6.07) is 0. The number of nitrogens with two attached hydrogens (primary N) is 1. The second-order valence-electron chi connectivity index (χ2n) is 2.36. The van der Waals surface area contributed by atoms with Crippen molar-refractivity contribution in [2.24, 2.45) is 5.73 Å². The summed E-state index contributed by atoms with van der Waals surface area (Å²) in [5, 5.41) is 3.94. The Morgan fingerprint density at radius 3 is 3.17 bits per heavy atom. The first-order valence-corrected chi connectivity index (χ1v) is 3.72. The molecule has 1 amide bonds. The summed E-state index contributed by atoms with van der Waals surface area (Å²) in [4.78, 5) is 10.3. The maximum absolute atomic E-state index is 10.3. The van der Waals surface area contributed by atoms with E-state index in [4.69, 9.17) is 5.73 Å². The third-order valence-corrected chi connectivity index (χ3v) is 1.28. The maximum atomic E-state index is 10.3. The van der Waals surface area contributed by atoms with E-state index in [0.29, 0.717) is 5.75 Å². The Morgan fingerprint density at radius 1 is 1.83 bits per heavy atom. The Bertz CT molecular complexity index is 269. The summed E-state index contributed by atoms with van der Waals surface area (Å²) >= 11 is 0. The zero-order valence-electron chi connectivity index (χ0n) is 6.86. The Balaban J connectivity index is 2.58. The molecule has 1 aromatic rings. The largest absolute Gasteiger partial charge is 0.410 e. The van der Waals surface area contributed by atoms with Crippen LogP contribution in [0.4, 0.5) is 4.79 Å². The SMILES string of the molecule is CCCn1cc(OC(N)=O)cn1. The van der Waals surface area contributed by atoms with Crippen LogP contribution in [0.25, 0.3) is 0 Å². The molecule has 0 fully saturated rings. The maximum Gasteiger partial charge on any atom is 0.410 e. The molecule has 2 N–H and O–H groups in total. The van der Waals surface area contributed by atoms with Crippen LogP contribution in [0.3, 0.4) is 0 Å². The number of hydrogen-bond acceptors (Lipinski definition) is 3. The molecule has 66 valence electrons. The topological polar surface area (TPSA) is 70.1 Å². The van der Waals surface area contributed by atoms with Gasteiger partial charge in [-0.05, 0) is 6.42 Å². The third-order valence-electron chi connectivity index (χ3n) is 1.28. The van der Waals surface area contributed by atoms with Gasteiger partial charge in [0.25, 0.3) is 0 Å². The molecule has 0 spiro atoms. The molecule has 5 nitrogen and oxygen atoms in total. The lowest BCUT2D eigenvalue weighted by atomic mass is 10.5. The summed E-state index contributed by atoms with van der Waals surface area (Å²) in [5.74, 6) is 0.385. The van der Waals surface area contributed by atoms with Gasteiger partial charge < -0.3 is 10.5 Å². The molecule has 0 saturated heterocycles. The van der Waals surface area contributed by atoms with Crippen molar-refractivity contribution in [3.05, 3.63) is 12.4 Å². The number of aromatic nitrogens is 2. The van der Waals surface area contributed by atoms with Crippen molar-refractivity contribution in [1.82, 2.24) is 9.78 Å². The molecular formula is C7H11N3O2. The summed E-state index contributed by atoms with van der Waals surface area (Å²) in [7, 11) is 0. The molecule has 0 aliphatic carbocycles. The van der Waals surface area contributed by atoms with Crippen LogP contribution < -0.4 is 10.5 Å². The standard InChI is InChI=1S/C7H11N3O2/c1-2-3-10-5-6(4-9-10)12-7(8)11/h4-5H,2-3H2,1H3,(H2,8,11). The second-order valence-corrected chi connectivity index (χ2v) is 2.36. The van der Waals surface area contributed by atoms with Crippen LogP contribution in [0, 0.1) is 0 Å². The number of nitrogens with zero attached hydrogens (tertiary/aromatic N) is 2. The van der Waals surface area contributed by atoms with Crippen molar-refractivity contribution < 1.29 is 9.53 Å². The number of rotatable bonds is 3. The Morgan fingerprint density at radius 2 is 2.58 bits per heavy atom. The average Bonchev–Trinajstić information content (AvgIpc) is 2.36. The predicted octanol–water partition coefficient (Wildman–Crippen LogP) is 0.751. The molecule has 0 aliphatic heterocycles. The molecule has 0 saturated carbocycles. The highest BCUT2D eigenvalue weighted by Crippen LogP contribution is 2.07. The number of hydrogen-bond donors (Lipinski definition) is 1. The monoisotopic (exact) mass is 169 g/mol. The Hall–Kier alpha value is -1.52. The van der Waals surface area contributed by atoms with Crippen LogP contribution in [0.1, 0.15) is 13.3 Å². The van der Waals surface area contributed by atoms with E-state index >= 15 is 0 Å². The van der Waals surface area contributed by atoms with Crippen molar-refractivity contribution in [2.45, 2.75) is 19.9 Å². The van der Waals surface area contributed by atoms with Gasteiger partial charge in [0.2, 0.25) is 0 Å². The van der Waals surface area contributed by atoms with E-state index in [1.54, 1.807) is 10.9 Å². The quantitative estimate of drug-likeness (QED) is 0.725. The number of ether oxygens (including phenoxy) is 1. The summed E-state index contributed by atoms with van der Waals surface area (Å²) < 4.78 is 6.29. The molecule has 1 heterocycles. The molecule has 0 unspecified atom stereocenters. The number of carbonyl (C=O) groups is 1. The minimum Gasteiger partial charge on any atom is -0.407 e. The van der Waals surface area contributed by atoms with Crippen LogP contribution in [0.15, 0.2) is 12.4 Å². The van der Waals surface area contributed by atoms with Crippen LogP contribution in [0.5, 0.6) is 5.75 Å². The lowest BCUT2D eigenvalue weighted by Gasteiger charge is -1.95.